The van der Waals surface area contributed by atoms with Gasteiger partial charge in [-0.2, -0.15) is 0 Å². The van der Waals surface area contributed by atoms with Crippen molar-refractivity contribution in [3.05, 3.63) is 11.1 Å². The van der Waals surface area contributed by atoms with Gasteiger partial charge in [0, 0.05) is 0 Å². The first-order valence-corrected chi connectivity index (χ1v) is 6.72. The minimum Gasteiger partial charge on any atom is -0.0738 e. The van der Waals surface area contributed by atoms with Gasteiger partial charge in [0.05, 0.1) is 0 Å². The summed E-state index contributed by atoms with van der Waals surface area (Å²) >= 11 is 0. The molecule has 0 nitrogen and oxygen atoms in total. The fourth-order valence-corrected chi connectivity index (χ4v) is 4.73. The maximum Gasteiger partial charge on any atom is -0.0138 e. The van der Waals surface area contributed by atoms with Crippen molar-refractivity contribution < 1.29 is 0 Å². The SMILES string of the molecule is CC1=C2CC[C@H](C)[C@H]2[C@@H]2[C@@H](CC1)C2(C)C. The molecule has 3 rings (SSSR count). The van der Waals surface area contributed by atoms with Crippen molar-refractivity contribution in [1.82, 2.24) is 0 Å². The Morgan fingerprint density at radius 2 is 1.87 bits per heavy atom. The first kappa shape index (κ1) is 9.93. The molecule has 3 aliphatic carbocycles. The molecule has 0 amide bonds. The summed E-state index contributed by atoms with van der Waals surface area (Å²) in [5.41, 5.74) is 4.29. The van der Waals surface area contributed by atoms with Crippen LogP contribution in [0.15, 0.2) is 11.1 Å². The largest absolute Gasteiger partial charge is 0.0738 e. The van der Waals surface area contributed by atoms with Gasteiger partial charge in [0.2, 0.25) is 0 Å². The smallest absolute Gasteiger partial charge is 0.0138 e. The average Bonchev–Trinajstić information content (AvgIpc) is 2.55. The maximum atomic E-state index is 2.51. The number of fused-ring (bicyclic) bond motifs is 3. The lowest BCUT2D eigenvalue weighted by atomic mass is 9.85. The predicted molar refractivity (Wildman–Crippen MR) is 64.6 cm³/mol. The van der Waals surface area contributed by atoms with E-state index in [2.05, 4.69) is 27.7 Å². The van der Waals surface area contributed by atoms with E-state index in [4.69, 9.17) is 0 Å². The molecular formula is C15H24. The lowest BCUT2D eigenvalue weighted by Gasteiger charge is -2.20. The maximum absolute atomic E-state index is 2.51. The summed E-state index contributed by atoms with van der Waals surface area (Å²) < 4.78 is 0. The van der Waals surface area contributed by atoms with Gasteiger partial charge in [0.25, 0.3) is 0 Å². The summed E-state index contributed by atoms with van der Waals surface area (Å²) in [6.45, 7) is 9.90. The van der Waals surface area contributed by atoms with Crippen LogP contribution in [0, 0.1) is 29.1 Å². The molecule has 0 bridgehead atoms. The van der Waals surface area contributed by atoms with E-state index in [0.29, 0.717) is 5.41 Å². The Bertz CT molecular complexity index is 321. The van der Waals surface area contributed by atoms with Crippen LogP contribution in [0.25, 0.3) is 0 Å². The fourth-order valence-electron chi connectivity index (χ4n) is 4.73. The van der Waals surface area contributed by atoms with Crippen molar-refractivity contribution in [2.45, 2.75) is 53.4 Å². The number of rotatable bonds is 0. The summed E-state index contributed by atoms with van der Waals surface area (Å²) in [7, 11) is 0. The third-order valence-electron chi connectivity index (χ3n) is 5.79. The van der Waals surface area contributed by atoms with Crippen molar-refractivity contribution in [1.29, 1.82) is 0 Å². The third kappa shape index (κ3) is 1.20. The van der Waals surface area contributed by atoms with E-state index >= 15 is 0 Å². The highest BCUT2D eigenvalue weighted by molar-refractivity contribution is 5.29. The molecule has 0 aliphatic heterocycles. The highest BCUT2D eigenvalue weighted by atomic mass is 14.7. The van der Waals surface area contributed by atoms with Gasteiger partial charge in [-0.1, -0.05) is 31.9 Å². The van der Waals surface area contributed by atoms with Gasteiger partial charge in [-0.15, -0.1) is 0 Å². The molecular weight excluding hydrogens is 180 g/mol. The molecule has 0 heterocycles. The number of hydrogen-bond acceptors (Lipinski definition) is 0. The Morgan fingerprint density at radius 3 is 2.60 bits per heavy atom. The Balaban J connectivity index is 1.99. The van der Waals surface area contributed by atoms with Gasteiger partial charge < -0.3 is 0 Å². The van der Waals surface area contributed by atoms with Crippen molar-refractivity contribution in [2.24, 2.45) is 29.1 Å². The average molecular weight is 204 g/mol. The second-order valence-electron chi connectivity index (χ2n) is 6.84. The zero-order chi connectivity index (χ0) is 10.8. The molecule has 0 heteroatoms. The van der Waals surface area contributed by atoms with Crippen LogP contribution in [-0.4, -0.2) is 0 Å². The molecule has 2 saturated carbocycles. The Hall–Kier alpha value is -0.260. The predicted octanol–water partition coefficient (Wildman–Crippen LogP) is 4.42. The number of allylic oxidation sites excluding steroid dienone is 2. The summed E-state index contributed by atoms with van der Waals surface area (Å²) in [5, 5.41) is 0. The van der Waals surface area contributed by atoms with Gasteiger partial charge in [0.15, 0.2) is 0 Å². The van der Waals surface area contributed by atoms with Gasteiger partial charge in [0.1, 0.15) is 0 Å². The normalized spacial score (nSPS) is 47.2. The van der Waals surface area contributed by atoms with Crippen LogP contribution in [0.4, 0.5) is 0 Å². The molecule has 0 unspecified atom stereocenters. The Kier molecular flexibility index (Phi) is 1.92. The number of hydrogen-bond donors (Lipinski definition) is 0. The van der Waals surface area contributed by atoms with Crippen LogP contribution in [0.1, 0.15) is 53.4 Å². The van der Waals surface area contributed by atoms with E-state index in [1.165, 1.54) is 25.7 Å². The molecule has 0 aromatic heterocycles. The molecule has 0 N–H and O–H groups in total. The van der Waals surface area contributed by atoms with E-state index in [0.717, 1.165) is 23.7 Å². The molecule has 0 radical (unpaired) electrons. The second-order valence-corrected chi connectivity index (χ2v) is 6.84. The van der Waals surface area contributed by atoms with Crippen LogP contribution < -0.4 is 0 Å². The molecule has 0 spiro atoms. The van der Waals surface area contributed by atoms with Crippen molar-refractivity contribution in [3.63, 3.8) is 0 Å². The monoisotopic (exact) mass is 204 g/mol. The molecule has 15 heavy (non-hydrogen) atoms. The third-order valence-corrected chi connectivity index (χ3v) is 5.79. The Labute approximate surface area is 94.1 Å². The van der Waals surface area contributed by atoms with Crippen LogP contribution >= 0.6 is 0 Å². The summed E-state index contributed by atoms with van der Waals surface area (Å²) in [6.07, 6.45) is 5.73. The molecule has 84 valence electrons. The van der Waals surface area contributed by atoms with E-state index in [9.17, 15) is 0 Å². The van der Waals surface area contributed by atoms with E-state index in [1.807, 2.05) is 5.57 Å². The first-order valence-electron chi connectivity index (χ1n) is 6.72. The lowest BCUT2D eigenvalue weighted by molar-refractivity contribution is 0.362. The molecule has 0 aromatic rings. The molecule has 2 fully saturated rings. The van der Waals surface area contributed by atoms with Crippen LogP contribution in [0.2, 0.25) is 0 Å². The van der Waals surface area contributed by atoms with Crippen LogP contribution in [0.3, 0.4) is 0 Å². The standard InChI is InChI=1S/C15H24/c1-9-6-8-12-14(15(12,3)4)13-10(2)5-7-11(9)13/h10,12-14H,5-8H2,1-4H3/t10-,12+,13+,14-/m0/s1. The van der Waals surface area contributed by atoms with Crippen LogP contribution in [-0.2, 0) is 0 Å². The quantitative estimate of drug-likeness (QED) is 0.513. The minimum absolute atomic E-state index is 0.662. The fraction of sp³-hybridized carbons (Fsp3) is 0.867. The molecule has 0 aromatic carbocycles. The van der Waals surface area contributed by atoms with Crippen LogP contribution in [0.5, 0.6) is 0 Å². The zero-order valence-electron chi connectivity index (χ0n) is 10.6. The summed E-state index contributed by atoms with van der Waals surface area (Å²) in [6, 6.07) is 0. The van der Waals surface area contributed by atoms with E-state index in [1.54, 1.807) is 5.57 Å². The highest BCUT2D eigenvalue weighted by Gasteiger charge is 2.62. The van der Waals surface area contributed by atoms with Gasteiger partial charge in [-0.3, -0.25) is 0 Å². The minimum atomic E-state index is 0.662. The van der Waals surface area contributed by atoms with Crippen molar-refractivity contribution in [2.75, 3.05) is 0 Å². The zero-order valence-corrected chi connectivity index (χ0v) is 10.6. The van der Waals surface area contributed by atoms with Gasteiger partial charge >= 0.3 is 0 Å². The topological polar surface area (TPSA) is 0 Å². The van der Waals surface area contributed by atoms with E-state index in [-0.39, 0.29) is 0 Å². The van der Waals surface area contributed by atoms with Crippen molar-refractivity contribution >= 4 is 0 Å². The van der Waals surface area contributed by atoms with Gasteiger partial charge in [-0.25, -0.2) is 0 Å². The molecule has 4 atom stereocenters. The molecule has 0 saturated heterocycles. The highest BCUT2D eigenvalue weighted by Crippen LogP contribution is 2.69. The van der Waals surface area contributed by atoms with E-state index < -0.39 is 0 Å². The second kappa shape index (κ2) is 2.90. The summed E-state index contributed by atoms with van der Waals surface area (Å²) in [5.74, 6) is 3.99. The summed E-state index contributed by atoms with van der Waals surface area (Å²) in [4.78, 5) is 0. The molecule has 3 aliphatic rings. The van der Waals surface area contributed by atoms with Gasteiger partial charge in [-0.05, 0) is 61.7 Å². The lowest BCUT2D eigenvalue weighted by Crippen LogP contribution is -2.12. The Morgan fingerprint density at radius 1 is 1.13 bits per heavy atom. The first-order chi connectivity index (χ1) is 7.03. The van der Waals surface area contributed by atoms with Crippen molar-refractivity contribution in [3.8, 4) is 0 Å².